The van der Waals surface area contributed by atoms with Gasteiger partial charge in [-0.2, -0.15) is 0 Å². The van der Waals surface area contributed by atoms with E-state index in [-0.39, 0.29) is 0 Å². The number of hydrogen-bond acceptors (Lipinski definition) is 2. The summed E-state index contributed by atoms with van der Waals surface area (Å²) in [4.78, 5) is 3.12. The van der Waals surface area contributed by atoms with E-state index in [9.17, 15) is 0 Å². The van der Waals surface area contributed by atoms with E-state index in [0.29, 0.717) is 6.10 Å². The number of fused-ring (bicyclic) bond motifs is 5. The van der Waals surface area contributed by atoms with Crippen LogP contribution in [0.5, 0.6) is 0 Å². The fourth-order valence-electron chi connectivity index (χ4n) is 8.11. The van der Waals surface area contributed by atoms with E-state index < -0.39 is 0 Å². The molecule has 0 aromatic heterocycles. The summed E-state index contributed by atoms with van der Waals surface area (Å²) >= 11 is 0. The molecule has 5 aliphatic rings. The largest absolute Gasteiger partial charge is 0.381 e. The molecule has 1 heterocycles. The minimum atomic E-state index is 0.555. The Kier molecular flexibility index (Phi) is 4.88. The Balaban J connectivity index is 1.32. The van der Waals surface area contributed by atoms with Crippen LogP contribution in [0.2, 0.25) is 0 Å². The Morgan fingerprint density at radius 1 is 0.760 bits per heavy atom. The summed E-state index contributed by atoms with van der Waals surface area (Å²) in [5, 5.41) is 0. The highest BCUT2D eigenvalue weighted by Gasteiger charge is 2.57. The quantitative estimate of drug-likeness (QED) is 0.691. The Morgan fingerprint density at radius 3 is 2.28 bits per heavy atom. The Labute approximate surface area is 155 Å². The molecule has 0 bridgehead atoms. The molecule has 1 saturated heterocycles. The fourth-order valence-corrected chi connectivity index (χ4v) is 8.11. The average Bonchev–Trinajstić information content (AvgIpc) is 3.18. The lowest BCUT2D eigenvalue weighted by Gasteiger charge is -2.39. The molecule has 2 nitrogen and oxygen atoms in total. The number of likely N-dealkylation sites (tertiary alicyclic amines) is 1. The number of ether oxygens (including phenoxy) is 1. The lowest BCUT2D eigenvalue weighted by molar-refractivity contribution is 0.0403. The first-order valence-corrected chi connectivity index (χ1v) is 11.6. The van der Waals surface area contributed by atoms with Crippen molar-refractivity contribution >= 4 is 0 Å². The van der Waals surface area contributed by atoms with Gasteiger partial charge in [0.05, 0.1) is 6.10 Å². The van der Waals surface area contributed by atoms with Gasteiger partial charge in [0, 0.05) is 25.7 Å². The van der Waals surface area contributed by atoms with Crippen LogP contribution in [-0.4, -0.2) is 36.7 Å². The van der Waals surface area contributed by atoms with Gasteiger partial charge < -0.3 is 4.74 Å². The first kappa shape index (κ1) is 17.0. The molecule has 0 radical (unpaired) electrons. The normalized spacial score (nSPS) is 50.3. The Morgan fingerprint density at radius 2 is 1.48 bits per heavy atom. The zero-order chi connectivity index (χ0) is 16.8. The van der Waals surface area contributed by atoms with Crippen LogP contribution in [0.25, 0.3) is 0 Å². The smallest absolute Gasteiger partial charge is 0.0571 e. The average molecular weight is 346 g/mol. The van der Waals surface area contributed by atoms with E-state index in [1.807, 2.05) is 7.11 Å². The van der Waals surface area contributed by atoms with Crippen molar-refractivity contribution in [3.05, 3.63) is 0 Å². The molecule has 6 unspecified atom stereocenters. The fraction of sp³-hybridized carbons (Fsp3) is 1.00. The summed E-state index contributed by atoms with van der Waals surface area (Å²) in [6.45, 7) is 1.43. The van der Waals surface area contributed by atoms with Crippen LogP contribution >= 0.6 is 0 Å². The molecule has 6 atom stereocenters. The van der Waals surface area contributed by atoms with Crippen LogP contribution in [0.4, 0.5) is 0 Å². The van der Waals surface area contributed by atoms with Crippen LogP contribution in [-0.2, 0) is 4.74 Å². The molecule has 5 rings (SSSR count). The minimum Gasteiger partial charge on any atom is -0.381 e. The van der Waals surface area contributed by atoms with Crippen LogP contribution in [0, 0.1) is 29.6 Å². The molecule has 5 fully saturated rings. The SMILES string of the molecule is COC1CCC(CN2C3CCCCC3C3C4CCCCC4CC32)CC1. The summed E-state index contributed by atoms with van der Waals surface area (Å²) in [7, 11) is 1.91. The van der Waals surface area contributed by atoms with Crippen molar-refractivity contribution < 1.29 is 4.74 Å². The summed E-state index contributed by atoms with van der Waals surface area (Å²) < 4.78 is 5.62. The van der Waals surface area contributed by atoms with Crippen LogP contribution < -0.4 is 0 Å². The molecule has 4 saturated carbocycles. The maximum absolute atomic E-state index is 5.62. The van der Waals surface area contributed by atoms with Gasteiger partial charge in [0.1, 0.15) is 0 Å². The number of methoxy groups -OCH3 is 1. The van der Waals surface area contributed by atoms with Gasteiger partial charge in [-0.1, -0.05) is 32.1 Å². The second-order valence-electron chi connectivity index (χ2n) is 10.2. The lowest BCUT2D eigenvalue weighted by atomic mass is 9.70. The molecule has 1 aliphatic heterocycles. The standard InChI is InChI=1S/C23H39NO/c1-25-18-12-10-16(11-13-18)15-24-21-9-5-4-8-20(21)23-19-7-3-2-6-17(19)14-22(23)24/h16-23H,2-15H2,1H3. The van der Waals surface area contributed by atoms with E-state index in [4.69, 9.17) is 4.74 Å². The molecule has 0 spiro atoms. The van der Waals surface area contributed by atoms with Crippen LogP contribution in [0.1, 0.15) is 83.5 Å². The van der Waals surface area contributed by atoms with Crippen LogP contribution in [0.15, 0.2) is 0 Å². The van der Waals surface area contributed by atoms with E-state index in [1.54, 1.807) is 25.7 Å². The molecule has 142 valence electrons. The second kappa shape index (κ2) is 7.15. The van der Waals surface area contributed by atoms with Crippen molar-refractivity contribution in [1.82, 2.24) is 4.90 Å². The third-order valence-corrected chi connectivity index (χ3v) is 9.17. The highest BCUT2D eigenvalue weighted by Crippen LogP contribution is 2.58. The van der Waals surface area contributed by atoms with Crippen molar-refractivity contribution in [3.8, 4) is 0 Å². The van der Waals surface area contributed by atoms with Gasteiger partial charge in [-0.05, 0) is 81.0 Å². The summed E-state index contributed by atoms with van der Waals surface area (Å²) in [5.74, 6) is 5.32. The predicted molar refractivity (Wildman–Crippen MR) is 103 cm³/mol. The van der Waals surface area contributed by atoms with E-state index in [1.165, 1.54) is 64.3 Å². The van der Waals surface area contributed by atoms with Gasteiger partial charge in [-0.3, -0.25) is 4.90 Å². The van der Waals surface area contributed by atoms with Crippen molar-refractivity contribution in [2.24, 2.45) is 29.6 Å². The van der Waals surface area contributed by atoms with Gasteiger partial charge in [0.15, 0.2) is 0 Å². The van der Waals surface area contributed by atoms with Gasteiger partial charge in [-0.25, -0.2) is 0 Å². The summed E-state index contributed by atoms with van der Waals surface area (Å²) in [6, 6.07) is 1.94. The third-order valence-electron chi connectivity index (χ3n) is 9.17. The van der Waals surface area contributed by atoms with Gasteiger partial charge >= 0.3 is 0 Å². The van der Waals surface area contributed by atoms with Crippen LogP contribution in [0.3, 0.4) is 0 Å². The van der Waals surface area contributed by atoms with E-state index in [0.717, 1.165) is 41.7 Å². The number of hydrogen-bond donors (Lipinski definition) is 0. The summed E-state index contributed by atoms with van der Waals surface area (Å²) in [6.07, 6.45) is 19.8. The molecule has 0 amide bonds. The van der Waals surface area contributed by atoms with Gasteiger partial charge in [-0.15, -0.1) is 0 Å². The van der Waals surface area contributed by atoms with E-state index in [2.05, 4.69) is 4.90 Å². The maximum Gasteiger partial charge on any atom is 0.0571 e. The predicted octanol–water partition coefficient (Wildman–Crippen LogP) is 5.26. The Bertz CT molecular complexity index is 457. The molecule has 0 N–H and O–H groups in total. The van der Waals surface area contributed by atoms with Crippen molar-refractivity contribution in [1.29, 1.82) is 0 Å². The van der Waals surface area contributed by atoms with Crippen molar-refractivity contribution in [2.45, 2.75) is 102 Å². The summed E-state index contributed by atoms with van der Waals surface area (Å²) in [5.41, 5.74) is 0. The first-order valence-electron chi connectivity index (χ1n) is 11.6. The topological polar surface area (TPSA) is 12.5 Å². The van der Waals surface area contributed by atoms with Crippen molar-refractivity contribution in [3.63, 3.8) is 0 Å². The van der Waals surface area contributed by atoms with Crippen molar-refractivity contribution in [2.75, 3.05) is 13.7 Å². The highest BCUT2D eigenvalue weighted by atomic mass is 16.5. The maximum atomic E-state index is 5.62. The minimum absolute atomic E-state index is 0.555. The molecule has 4 aliphatic carbocycles. The zero-order valence-corrected chi connectivity index (χ0v) is 16.4. The molecule has 2 heteroatoms. The molecular weight excluding hydrogens is 306 g/mol. The monoisotopic (exact) mass is 345 g/mol. The molecule has 0 aromatic rings. The highest BCUT2D eigenvalue weighted by molar-refractivity contribution is 5.09. The Hall–Kier alpha value is -0.0800. The molecular formula is C23H39NO. The van der Waals surface area contributed by atoms with Gasteiger partial charge in [0.2, 0.25) is 0 Å². The lowest BCUT2D eigenvalue weighted by Crippen LogP contribution is -2.43. The number of nitrogens with zero attached hydrogens (tertiary/aromatic N) is 1. The third kappa shape index (κ3) is 3.00. The number of rotatable bonds is 3. The zero-order valence-electron chi connectivity index (χ0n) is 16.4. The molecule has 0 aromatic carbocycles. The second-order valence-corrected chi connectivity index (χ2v) is 10.2. The first-order chi connectivity index (χ1) is 12.3. The van der Waals surface area contributed by atoms with Gasteiger partial charge in [0.25, 0.3) is 0 Å². The molecule has 25 heavy (non-hydrogen) atoms. The van der Waals surface area contributed by atoms with E-state index >= 15 is 0 Å².